The lowest BCUT2D eigenvalue weighted by molar-refractivity contribution is -0.944. The van der Waals surface area contributed by atoms with Gasteiger partial charge in [0.25, 0.3) is 0 Å². The van der Waals surface area contributed by atoms with Gasteiger partial charge >= 0.3 is 0 Å². The van der Waals surface area contributed by atoms with Crippen LogP contribution in [0.25, 0.3) is 0 Å². The standard InChI is InChI=1S/C21H24N3O2S/c1-24(2,17-18-11-5-3-6-12-18)23-22-20-15-9-10-16-21(20)27(25,26)19-13-7-4-8-14-19/h3-16,22-23H,17H2,1-2H3/q+1. The number of quaternary nitrogens is 1. The van der Waals surface area contributed by atoms with Crippen LogP contribution >= 0.6 is 0 Å². The summed E-state index contributed by atoms with van der Waals surface area (Å²) in [5, 5.41) is 0. The Morgan fingerprint density at radius 2 is 1.33 bits per heavy atom. The number of anilines is 1. The number of hydrazine groups is 1. The van der Waals surface area contributed by atoms with E-state index in [1.165, 1.54) is 5.56 Å². The maximum Gasteiger partial charge on any atom is 0.208 e. The zero-order chi connectivity index (χ0) is 19.3. The second-order valence-electron chi connectivity index (χ2n) is 6.88. The van der Waals surface area contributed by atoms with Gasteiger partial charge in [-0.1, -0.05) is 66.2 Å². The summed E-state index contributed by atoms with van der Waals surface area (Å²) in [6.07, 6.45) is 0. The third kappa shape index (κ3) is 4.74. The minimum atomic E-state index is -3.61. The Kier molecular flexibility index (Phi) is 5.60. The van der Waals surface area contributed by atoms with Crippen LogP contribution in [-0.2, 0) is 16.4 Å². The highest BCUT2D eigenvalue weighted by Crippen LogP contribution is 2.27. The van der Waals surface area contributed by atoms with Crippen LogP contribution in [0.3, 0.4) is 0 Å². The predicted octanol–water partition coefficient (Wildman–Crippen LogP) is 3.63. The van der Waals surface area contributed by atoms with Crippen molar-refractivity contribution in [1.82, 2.24) is 5.53 Å². The molecular weight excluding hydrogens is 358 g/mol. The van der Waals surface area contributed by atoms with Crippen LogP contribution in [-0.4, -0.2) is 27.1 Å². The molecule has 6 heteroatoms. The Bertz CT molecular complexity index is 988. The first-order valence-corrected chi connectivity index (χ1v) is 10.2. The van der Waals surface area contributed by atoms with Gasteiger partial charge in [-0.05, 0) is 24.3 Å². The van der Waals surface area contributed by atoms with Crippen molar-refractivity contribution in [3.8, 4) is 0 Å². The Labute approximate surface area is 160 Å². The van der Waals surface area contributed by atoms with Gasteiger partial charge in [-0.2, -0.15) is 0 Å². The molecular formula is C21H24N3O2S+. The van der Waals surface area contributed by atoms with Crippen molar-refractivity contribution in [2.45, 2.75) is 16.3 Å². The molecule has 0 spiro atoms. The fraction of sp³-hybridized carbons (Fsp3) is 0.143. The van der Waals surface area contributed by atoms with Crippen LogP contribution < -0.4 is 11.0 Å². The number of hydrogen-bond donors (Lipinski definition) is 2. The van der Waals surface area contributed by atoms with E-state index in [-0.39, 0.29) is 9.79 Å². The highest BCUT2D eigenvalue weighted by molar-refractivity contribution is 7.91. The van der Waals surface area contributed by atoms with E-state index >= 15 is 0 Å². The molecule has 0 amide bonds. The summed E-state index contributed by atoms with van der Waals surface area (Å²) in [6, 6.07) is 25.5. The number of nitrogens with zero attached hydrogens (tertiary/aromatic N) is 1. The van der Waals surface area contributed by atoms with E-state index < -0.39 is 9.84 Å². The van der Waals surface area contributed by atoms with Crippen molar-refractivity contribution < 1.29 is 13.0 Å². The van der Waals surface area contributed by atoms with E-state index in [4.69, 9.17) is 0 Å². The molecule has 3 rings (SSSR count). The Hall–Kier alpha value is -2.67. The number of para-hydroxylation sites is 1. The van der Waals surface area contributed by atoms with Crippen molar-refractivity contribution in [3.63, 3.8) is 0 Å². The van der Waals surface area contributed by atoms with Gasteiger partial charge in [-0.25, -0.2) is 13.0 Å². The maximum absolute atomic E-state index is 13.0. The van der Waals surface area contributed by atoms with Crippen molar-refractivity contribution in [3.05, 3.63) is 90.5 Å². The highest BCUT2D eigenvalue weighted by atomic mass is 32.2. The van der Waals surface area contributed by atoms with E-state index in [2.05, 4.69) is 23.1 Å². The molecule has 3 aromatic carbocycles. The topological polar surface area (TPSA) is 58.2 Å². The minimum Gasteiger partial charge on any atom is -0.277 e. The van der Waals surface area contributed by atoms with Crippen LogP contribution in [0, 0.1) is 0 Å². The van der Waals surface area contributed by atoms with E-state index in [9.17, 15) is 8.42 Å². The first-order chi connectivity index (χ1) is 12.9. The van der Waals surface area contributed by atoms with Crippen molar-refractivity contribution in [2.24, 2.45) is 0 Å². The monoisotopic (exact) mass is 382 g/mol. The molecule has 0 saturated carbocycles. The van der Waals surface area contributed by atoms with Crippen molar-refractivity contribution in [2.75, 3.05) is 19.5 Å². The van der Waals surface area contributed by atoms with Crippen LogP contribution in [0.2, 0.25) is 0 Å². The second kappa shape index (κ2) is 7.92. The highest BCUT2D eigenvalue weighted by Gasteiger charge is 2.22. The van der Waals surface area contributed by atoms with Gasteiger partial charge in [-0.15, -0.1) is 0 Å². The molecule has 0 aliphatic carbocycles. The third-order valence-electron chi connectivity index (χ3n) is 4.14. The maximum atomic E-state index is 13.0. The summed E-state index contributed by atoms with van der Waals surface area (Å²) in [7, 11) is 0.411. The number of rotatable bonds is 7. The molecule has 0 unspecified atom stereocenters. The largest absolute Gasteiger partial charge is 0.277 e. The second-order valence-corrected chi connectivity index (χ2v) is 8.80. The van der Waals surface area contributed by atoms with Gasteiger partial charge in [0.05, 0.1) is 29.6 Å². The smallest absolute Gasteiger partial charge is 0.208 e. The quantitative estimate of drug-likeness (QED) is 0.484. The fourth-order valence-corrected chi connectivity index (χ4v) is 4.26. The first-order valence-electron chi connectivity index (χ1n) is 8.68. The average Bonchev–Trinajstić information content (AvgIpc) is 2.68. The zero-order valence-electron chi connectivity index (χ0n) is 15.5. The van der Waals surface area contributed by atoms with Gasteiger partial charge in [-0.3, -0.25) is 5.43 Å². The lowest BCUT2D eigenvalue weighted by Gasteiger charge is -2.30. The molecule has 0 saturated heterocycles. The van der Waals surface area contributed by atoms with E-state index in [1.807, 2.05) is 38.4 Å². The lowest BCUT2D eigenvalue weighted by atomic mass is 10.2. The van der Waals surface area contributed by atoms with Crippen molar-refractivity contribution >= 4 is 15.5 Å². The Morgan fingerprint density at radius 3 is 2.00 bits per heavy atom. The molecule has 0 radical (unpaired) electrons. The summed E-state index contributed by atoms with van der Waals surface area (Å²) in [6.45, 7) is 0.738. The zero-order valence-corrected chi connectivity index (χ0v) is 16.3. The van der Waals surface area contributed by atoms with Crippen LogP contribution in [0.4, 0.5) is 5.69 Å². The molecule has 3 aromatic rings. The molecule has 0 aromatic heterocycles. The molecule has 0 aliphatic heterocycles. The molecule has 140 valence electrons. The Balaban J connectivity index is 1.81. The minimum absolute atomic E-state index is 0.239. The molecule has 5 nitrogen and oxygen atoms in total. The number of benzene rings is 3. The normalized spacial score (nSPS) is 11.9. The van der Waals surface area contributed by atoms with Crippen LogP contribution in [0.1, 0.15) is 5.56 Å². The molecule has 0 heterocycles. The van der Waals surface area contributed by atoms with Crippen LogP contribution in [0.5, 0.6) is 0 Å². The molecule has 2 N–H and O–H groups in total. The third-order valence-corrected chi connectivity index (χ3v) is 5.97. The first kappa shape index (κ1) is 19.1. The summed E-state index contributed by atoms with van der Waals surface area (Å²) < 4.78 is 26.4. The molecule has 0 fully saturated rings. The van der Waals surface area contributed by atoms with Gasteiger partial charge in [0.1, 0.15) is 6.54 Å². The fourth-order valence-electron chi connectivity index (χ4n) is 2.82. The SMILES string of the molecule is C[N+](C)(Cc1ccccc1)NNc1ccccc1S(=O)(=O)c1ccccc1. The van der Waals surface area contributed by atoms with E-state index in [0.717, 1.165) is 6.54 Å². The summed E-state index contributed by atoms with van der Waals surface area (Å²) in [5.41, 5.74) is 8.00. The summed E-state index contributed by atoms with van der Waals surface area (Å²) in [5.74, 6) is 0. The van der Waals surface area contributed by atoms with Gasteiger partial charge in [0, 0.05) is 5.56 Å². The van der Waals surface area contributed by atoms with Gasteiger partial charge < -0.3 is 0 Å². The summed E-state index contributed by atoms with van der Waals surface area (Å²) in [4.78, 5) is 0.515. The number of sulfone groups is 1. The summed E-state index contributed by atoms with van der Waals surface area (Å²) >= 11 is 0. The molecule has 0 bridgehead atoms. The molecule has 0 atom stereocenters. The van der Waals surface area contributed by atoms with Crippen LogP contribution in [0.15, 0.2) is 94.7 Å². The van der Waals surface area contributed by atoms with Gasteiger partial charge in [0.15, 0.2) is 0 Å². The molecule has 0 aliphatic rings. The van der Waals surface area contributed by atoms with Gasteiger partial charge in [0.2, 0.25) is 9.84 Å². The number of nitrogens with one attached hydrogen (secondary N) is 2. The van der Waals surface area contributed by atoms with E-state index in [1.54, 1.807) is 48.5 Å². The average molecular weight is 383 g/mol. The van der Waals surface area contributed by atoms with Crippen molar-refractivity contribution in [1.29, 1.82) is 0 Å². The number of hydrogen-bond acceptors (Lipinski definition) is 4. The van der Waals surface area contributed by atoms with E-state index in [0.29, 0.717) is 10.3 Å². The lowest BCUT2D eigenvalue weighted by Crippen LogP contribution is -2.53. The predicted molar refractivity (Wildman–Crippen MR) is 107 cm³/mol. The Morgan fingerprint density at radius 1 is 0.778 bits per heavy atom. The molecule has 27 heavy (non-hydrogen) atoms.